The first kappa shape index (κ1) is 17.9. The van der Waals surface area contributed by atoms with E-state index in [0.29, 0.717) is 12.6 Å². The Bertz CT molecular complexity index is 461. The van der Waals surface area contributed by atoms with Crippen molar-refractivity contribution in [2.45, 2.75) is 44.6 Å². The maximum atomic E-state index is 9.41. The van der Waals surface area contributed by atoms with Crippen LogP contribution >= 0.6 is 11.8 Å². The Balaban J connectivity index is 3.35. The van der Waals surface area contributed by atoms with E-state index in [4.69, 9.17) is 11.1 Å². The molecule has 5 heteroatoms. The third-order valence-electron chi connectivity index (χ3n) is 3.61. The fourth-order valence-electron chi connectivity index (χ4n) is 2.64. The number of nitrogen functional groups attached to an aromatic ring is 1. The molecule has 0 amide bonds. The van der Waals surface area contributed by atoms with E-state index in [-0.39, 0.29) is 12.4 Å². The van der Waals surface area contributed by atoms with Crippen LogP contribution in [0.15, 0.2) is 23.1 Å². The van der Waals surface area contributed by atoms with Crippen LogP contribution in [0.1, 0.15) is 39.2 Å². The van der Waals surface area contributed by atoms with Crippen molar-refractivity contribution in [3.05, 3.63) is 23.8 Å². The van der Waals surface area contributed by atoms with E-state index in [1.54, 1.807) is 11.8 Å². The zero-order valence-electron chi connectivity index (χ0n) is 13.2. The van der Waals surface area contributed by atoms with E-state index in [9.17, 15) is 5.11 Å². The van der Waals surface area contributed by atoms with Crippen LogP contribution in [0.4, 0.5) is 5.69 Å². The van der Waals surface area contributed by atoms with E-state index < -0.39 is 0 Å². The second-order valence-electron chi connectivity index (χ2n) is 4.88. The van der Waals surface area contributed by atoms with Gasteiger partial charge in [0, 0.05) is 23.2 Å². The lowest BCUT2D eigenvalue weighted by atomic mass is 10.1. The molecule has 0 atom stereocenters. The molecule has 0 saturated carbocycles. The molecule has 0 saturated heterocycles. The Morgan fingerprint density at radius 1 is 1.33 bits per heavy atom. The summed E-state index contributed by atoms with van der Waals surface area (Å²) in [6.45, 7) is 7.05. The summed E-state index contributed by atoms with van der Waals surface area (Å²) in [5.74, 6) is 1.03. The molecule has 21 heavy (non-hydrogen) atoms. The summed E-state index contributed by atoms with van der Waals surface area (Å²) in [6, 6.07) is 6.37. The number of benzene rings is 1. The van der Waals surface area contributed by atoms with Gasteiger partial charge >= 0.3 is 0 Å². The summed E-state index contributed by atoms with van der Waals surface area (Å²) < 4.78 is 0. The number of nitrogens with zero attached hydrogens (tertiary/aromatic N) is 1. The molecule has 0 radical (unpaired) electrons. The number of aliphatic hydroxyl groups excluding tert-OH is 1. The lowest BCUT2D eigenvalue weighted by Gasteiger charge is -2.34. The molecule has 0 aliphatic heterocycles. The van der Waals surface area contributed by atoms with E-state index in [0.717, 1.165) is 34.7 Å². The van der Waals surface area contributed by atoms with Gasteiger partial charge in [-0.3, -0.25) is 5.41 Å². The zero-order valence-corrected chi connectivity index (χ0v) is 14.0. The molecule has 0 spiro atoms. The van der Waals surface area contributed by atoms with E-state index in [1.165, 1.54) is 0 Å². The van der Waals surface area contributed by atoms with Gasteiger partial charge in [0.2, 0.25) is 0 Å². The summed E-state index contributed by atoms with van der Waals surface area (Å²) in [4.78, 5) is 3.23. The molecule has 1 aromatic rings. The number of hydrogen-bond acceptors (Lipinski definition) is 4. The highest BCUT2D eigenvalue weighted by molar-refractivity contribution is 7.99. The highest BCUT2D eigenvalue weighted by Crippen LogP contribution is 2.32. The molecule has 118 valence electrons. The van der Waals surface area contributed by atoms with E-state index in [2.05, 4.69) is 25.7 Å². The minimum absolute atomic E-state index is 0.0930. The van der Waals surface area contributed by atoms with E-state index >= 15 is 0 Å². The fourth-order valence-corrected chi connectivity index (χ4v) is 3.49. The number of anilines is 1. The predicted molar refractivity (Wildman–Crippen MR) is 92.7 cm³/mol. The number of nitrogens with two attached hydrogens (primary N) is 1. The van der Waals surface area contributed by atoms with Gasteiger partial charge in [-0.1, -0.05) is 26.8 Å². The predicted octanol–water partition coefficient (Wildman–Crippen LogP) is 3.07. The lowest BCUT2D eigenvalue weighted by molar-refractivity contribution is 0.296. The first-order valence-electron chi connectivity index (χ1n) is 7.58. The number of amidine groups is 1. The van der Waals surface area contributed by atoms with Crippen LogP contribution < -0.4 is 10.6 Å². The highest BCUT2D eigenvalue weighted by Gasteiger charge is 2.21. The average molecular weight is 309 g/mol. The smallest absolute Gasteiger partial charge is 0.126 e. The molecular weight excluding hydrogens is 282 g/mol. The number of aliphatic hydroxyl groups is 1. The minimum atomic E-state index is 0.0930. The quantitative estimate of drug-likeness (QED) is 0.372. The molecule has 4 nitrogen and oxygen atoms in total. The average Bonchev–Trinajstić information content (AvgIpc) is 2.47. The second kappa shape index (κ2) is 8.95. The summed E-state index contributed by atoms with van der Waals surface area (Å²) in [5, 5.41) is 17.4. The number of thioether (sulfide) groups is 1. The monoisotopic (exact) mass is 309 g/mol. The maximum absolute atomic E-state index is 9.41. The van der Waals surface area contributed by atoms with Crippen molar-refractivity contribution in [3.8, 4) is 0 Å². The first-order valence-corrected chi connectivity index (χ1v) is 8.56. The molecule has 1 rings (SSSR count). The van der Waals surface area contributed by atoms with Crippen molar-refractivity contribution < 1.29 is 5.11 Å². The van der Waals surface area contributed by atoms with Gasteiger partial charge in [-0.25, -0.2) is 0 Å². The molecule has 0 heterocycles. The van der Waals surface area contributed by atoms with Crippen LogP contribution in [-0.2, 0) is 0 Å². The molecule has 0 fully saturated rings. The van der Waals surface area contributed by atoms with Crippen molar-refractivity contribution in [3.63, 3.8) is 0 Å². The molecule has 0 aromatic heterocycles. The number of rotatable bonds is 9. The SMILES string of the molecule is CCSc1cccc(N(CCO)C(CC)CC)c1C(=N)N. The van der Waals surface area contributed by atoms with Crippen LogP contribution in [0.2, 0.25) is 0 Å². The van der Waals surface area contributed by atoms with Crippen LogP contribution in [-0.4, -0.2) is 35.9 Å². The van der Waals surface area contributed by atoms with Gasteiger partial charge in [0.15, 0.2) is 0 Å². The molecule has 4 N–H and O–H groups in total. The third kappa shape index (κ3) is 4.38. The van der Waals surface area contributed by atoms with Gasteiger partial charge in [-0.2, -0.15) is 0 Å². The molecule has 0 unspecified atom stereocenters. The summed E-state index contributed by atoms with van der Waals surface area (Å²) in [7, 11) is 0. The van der Waals surface area contributed by atoms with Crippen LogP contribution in [0, 0.1) is 5.41 Å². The third-order valence-corrected chi connectivity index (χ3v) is 4.55. The molecule has 0 aliphatic rings. The maximum Gasteiger partial charge on any atom is 0.126 e. The Hall–Kier alpha value is -1.20. The van der Waals surface area contributed by atoms with E-state index in [1.807, 2.05) is 18.2 Å². The Morgan fingerprint density at radius 2 is 2.00 bits per heavy atom. The van der Waals surface area contributed by atoms with Gasteiger partial charge in [0.1, 0.15) is 5.84 Å². The van der Waals surface area contributed by atoms with Crippen LogP contribution in [0.5, 0.6) is 0 Å². The molecular formula is C16H27N3OS. The van der Waals surface area contributed by atoms with Crippen molar-refractivity contribution in [1.82, 2.24) is 0 Å². The zero-order chi connectivity index (χ0) is 15.8. The van der Waals surface area contributed by atoms with Gasteiger partial charge < -0.3 is 15.7 Å². The van der Waals surface area contributed by atoms with Gasteiger partial charge in [0.05, 0.1) is 12.2 Å². The van der Waals surface area contributed by atoms with Crippen LogP contribution in [0.25, 0.3) is 0 Å². The van der Waals surface area contributed by atoms with Gasteiger partial charge in [0.25, 0.3) is 0 Å². The summed E-state index contributed by atoms with van der Waals surface area (Å²) >= 11 is 1.70. The Kier molecular flexibility index (Phi) is 7.61. The highest BCUT2D eigenvalue weighted by atomic mass is 32.2. The minimum Gasteiger partial charge on any atom is -0.395 e. The Morgan fingerprint density at radius 3 is 2.48 bits per heavy atom. The van der Waals surface area contributed by atoms with Crippen molar-refractivity contribution in [2.24, 2.45) is 5.73 Å². The molecule has 0 bridgehead atoms. The lowest BCUT2D eigenvalue weighted by Crippen LogP contribution is -2.38. The number of nitrogens with one attached hydrogen (secondary N) is 1. The van der Waals surface area contributed by atoms with Gasteiger partial charge in [-0.05, 0) is 30.7 Å². The van der Waals surface area contributed by atoms with Gasteiger partial charge in [-0.15, -0.1) is 11.8 Å². The first-order chi connectivity index (χ1) is 10.1. The number of hydrogen-bond donors (Lipinski definition) is 3. The normalized spacial score (nSPS) is 10.9. The fraction of sp³-hybridized carbons (Fsp3) is 0.562. The van der Waals surface area contributed by atoms with Crippen molar-refractivity contribution in [1.29, 1.82) is 5.41 Å². The summed E-state index contributed by atoms with van der Waals surface area (Å²) in [5.41, 5.74) is 7.60. The second-order valence-corrected chi connectivity index (χ2v) is 6.19. The standard InChI is InChI=1S/C16H27N3OS/c1-4-12(5-2)19(10-11-20)13-8-7-9-14(21-6-3)15(13)16(17)18/h7-9,12,20H,4-6,10-11H2,1-3H3,(H3,17,18). The molecule has 1 aromatic carbocycles. The van der Waals surface area contributed by atoms with Crippen molar-refractivity contribution in [2.75, 3.05) is 23.8 Å². The van der Waals surface area contributed by atoms with Crippen molar-refractivity contribution >= 4 is 23.3 Å². The van der Waals surface area contributed by atoms with Crippen LogP contribution in [0.3, 0.4) is 0 Å². The molecule has 0 aliphatic carbocycles. The topological polar surface area (TPSA) is 73.3 Å². The largest absolute Gasteiger partial charge is 0.395 e. The summed E-state index contributed by atoms with van der Waals surface area (Å²) in [6.07, 6.45) is 2.00. The Labute approximate surface area is 132 Å².